The van der Waals surface area contributed by atoms with Crippen molar-refractivity contribution in [2.24, 2.45) is 5.92 Å². The zero-order chi connectivity index (χ0) is 14.4. The highest BCUT2D eigenvalue weighted by Crippen LogP contribution is 2.22. The van der Waals surface area contributed by atoms with Gasteiger partial charge in [0, 0.05) is 6.54 Å². The van der Waals surface area contributed by atoms with Crippen LogP contribution in [0, 0.1) is 5.92 Å². The average Bonchev–Trinajstić information content (AvgIpc) is 2.70. The van der Waals surface area contributed by atoms with E-state index in [4.69, 9.17) is 5.11 Å². The van der Waals surface area contributed by atoms with Crippen LogP contribution in [0.25, 0.3) is 0 Å². The SMILES string of the molecule is CCN(CCO)Cc1nc(CC(C)C)c(C(=O)O)s1. The molecule has 0 aliphatic heterocycles. The molecule has 1 aromatic rings. The Morgan fingerprint density at radius 1 is 1.47 bits per heavy atom. The number of hydrogen-bond donors (Lipinski definition) is 2. The molecule has 108 valence electrons. The number of nitrogens with zero attached hydrogens (tertiary/aromatic N) is 2. The van der Waals surface area contributed by atoms with Gasteiger partial charge < -0.3 is 10.2 Å². The molecular weight excluding hydrogens is 264 g/mol. The summed E-state index contributed by atoms with van der Waals surface area (Å²) in [5.41, 5.74) is 0.683. The Balaban J connectivity index is 2.87. The van der Waals surface area contributed by atoms with E-state index in [1.165, 1.54) is 11.3 Å². The maximum atomic E-state index is 11.2. The van der Waals surface area contributed by atoms with Crippen LogP contribution in [0.4, 0.5) is 0 Å². The lowest BCUT2D eigenvalue weighted by molar-refractivity contribution is 0.0700. The first-order valence-electron chi connectivity index (χ1n) is 6.53. The molecule has 19 heavy (non-hydrogen) atoms. The molecule has 0 saturated heterocycles. The lowest BCUT2D eigenvalue weighted by Crippen LogP contribution is -2.26. The van der Waals surface area contributed by atoms with Crippen molar-refractivity contribution in [1.29, 1.82) is 0 Å². The molecule has 0 amide bonds. The number of aromatic nitrogens is 1. The Hall–Kier alpha value is -0.980. The van der Waals surface area contributed by atoms with E-state index in [0.717, 1.165) is 11.6 Å². The van der Waals surface area contributed by atoms with Gasteiger partial charge in [-0.05, 0) is 18.9 Å². The molecule has 0 bridgehead atoms. The number of carbonyl (C=O) groups is 1. The highest BCUT2D eigenvalue weighted by atomic mass is 32.1. The minimum absolute atomic E-state index is 0.101. The minimum atomic E-state index is -0.899. The van der Waals surface area contributed by atoms with Gasteiger partial charge in [0.25, 0.3) is 0 Å². The summed E-state index contributed by atoms with van der Waals surface area (Å²) in [5.74, 6) is -0.516. The maximum Gasteiger partial charge on any atom is 0.347 e. The smallest absolute Gasteiger partial charge is 0.347 e. The molecule has 2 N–H and O–H groups in total. The fraction of sp³-hybridized carbons (Fsp3) is 0.692. The molecule has 0 spiro atoms. The molecule has 0 aliphatic rings. The van der Waals surface area contributed by atoms with Gasteiger partial charge in [-0.1, -0.05) is 20.8 Å². The summed E-state index contributed by atoms with van der Waals surface area (Å²) in [6.07, 6.45) is 0.685. The third-order valence-electron chi connectivity index (χ3n) is 2.76. The van der Waals surface area contributed by atoms with Gasteiger partial charge in [-0.2, -0.15) is 0 Å². The number of thiazole rings is 1. The number of carboxylic acids is 1. The number of likely N-dealkylation sites (N-methyl/N-ethyl adjacent to an activating group) is 1. The average molecular weight is 286 g/mol. The summed E-state index contributed by atoms with van der Waals surface area (Å²) in [7, 11) is 0. The predicted octanol–water partition coefficient (Wildman–Crippen LogP) is 1.85. The fourth-order valence-corrected chi connectivity index (χ4v) is 2.81. The van der Waals surface area contributed by atoms with Crippen molar-refractivity contribution >= 4 is 17.3 Å². The number of hydrogen-bond acceptors (Lipinski definition) is 5. The number of aromatic carboxylic acids is 1. The van der Waals surface area contributed by atoms with Gasteiger partial charge in [0.1, 0.15) is 9.88 Å². The monoisotopic (exact) mass is 286 g/mol. The van der Waals surface area contributed by atoms with Crippen LogP contribution in [0.2, 0.25) is 0 Å². The second-order valence-corrected chi connectivity index (χ2v) is 5.96. The third kappa shape index (κ3) is 4.89. The number of rotatable bonds is 8. The van der Waals surface area contributed by atoms with Crippen LogP contribution in [0.1, 0.15) is 41.1 Å². The van der Waals surface area contributed by atoms with E-state index in [1.54, 1.807) is 0 Å². The van der Waals surface area contributed by atoms with Crippen LogP contribution < -0.4 is 0 Å². The standard InChI is InChI=1S/C13H22N2O3S/c1-4-15(5-6-16)8-11-14-10(7-9(2)3)12(19-11)13(17)18/h9,16H,4-8H2,1-3H3,(H,17,18). The van der Waals surface area contributed by atoms with E-state index in [2.05, 4.69) is 18.8 Å². The van der Waals surface area contributed by atoms with E-state index < -0.39 is 5.97 Å². The zero-order valence-electron chi connectivity index (χ0n) is 11.7. The Kier molecular flexibility index (Phi) is 6.41. The fourth-order valence-electron chi connectivity index (χ4n) is 1.84. The van der Waals surface area contributed by atoms with Gasteiger partial charge in [0.15, 0.2) is 0 Å². The highest BCUT2D eigenvalue weighted by molar-refractivity contribution is 7.13. The first kappa shape index (κ1) is 16.1. The Morgan fingerprint density at radius 2 is 2.16 bits per heavy atom. The van der Waals surface area contributed by atoms with Crippen molar-refractivity contribution < 1.29 is 15.0 Å². The molecule has 1 aromatic heterocycles. The van der Waals surface area contributed by atoms with Gasteiger partial charge in [-0.15, -0.1) is 11.3 Å². The quantitative estimate of drug-likeness (QED) is 0.763. The van der Waals surface area contributed by atoms with Crippen molar-refractivity contribution in [1.82, 2.24) is 9.88 Å². The van der Waals surface area contributed by atoms with Crippen LogP contribution in [0.3, 0.4) is 0 Å². The molecule has 0 unspecified atom stereocenters. The second kappa shape index (κ2) is 7.57. The molecular formula is C13H22N2O3S. The van der Waals surface area contributed by atoms with E-state index in [-0.39, 0.29) is 6.61 Å². The lowest BCUT2D eigenvalue weighted by Gasteiger charge is -2.16. The number of aliphatic hydroxyl groups excluding tert-OH is 1. The maximum absolute atomic E-state index is 11.2. The van der Waals surface area contributed by atoms with Crippen molar-refractivity contribution in [2.75, 3.05) is 19.7 Å². The van der Waals surface area contributed by atoms with Crippen molar-refractivity contribution in [2.45, 2.75) is 33.7 Å². The molecule has 0 aromatic carbocycles. The van der Waals surface area contributed by atoms with Gasteiger partial charge in [0.05, 0.1) is 18.8 Å². The first-order valence-corrected chi connectivity index (χ1v) is 7.34. The van der Waals surface area contributed by atoms with Crippen molar-refractivity contribution in [3.8, 4) is 0 Å². The van der Waals surface area contributed by atoms with Crippen LogP contribution in [-0.4, -0.2) is 45.8 Å². The molecule has 0 radical (unpaired) electrons. The van der Waals surface area contributed by atoms with Crippen molar-refractivity contribution in [3.05, 3.63) is 15.6 Å². The van der Waals surface area contributed by atoms with E-state index >= 15 is 0 Å². The van der Waals surface area contributed by atoms with Crippen LogP contribution >= 0.6 is 11.3 Å². The molecule has 1 rings (SSSR count). The lowest BCUT2D eigenvalue weighted by atomic mass is 10.1. The van der Waals surface area contributed by atoms with Crippen LogP contribution in [0.5, 0.6) is 0 Å². The van der Waals surface area contributed by atoms with E-state index in [0.29, 0.717) is 36.0 Å². The van der Waals surface area contributed by atoms with E-state index in [1.807, 2.05) is 11.8 Å². The summed E-state index contributed by atoms with van der Waals surface area (Å²) >= 11 is 1.25. The molecule has 6 heteroatoms. The summed E-state index contributed by atoms with van der Waals surface area (Å²) in [6.45, 7) is 8.20. The number of carboxylic acid groups (broad SMARTS) is 1. The third-order valence-corrected chi connectivity index (χ3v) is 3.83. The van der Waals surface area contributed by atoms with Gasteiger partial charge in [0.2, 0.25) is 0 Å². The summed E-state index contributed by atoms with van der Waals surface area (Å²) in [5, 5.41) is 19.0. The molecule has 0 aliphatic carbocycles. The largest absolute Gasteiger partial charge is 0.477 e. The Morgan fingerprint density at radius 3 is 2.63 bits per heavy atom. The molecule has 0 atom stereocenters. The normalized spacial score (nSPS) is 11.5. The first-order chi connectivity index (χ1) is 8.97. The Labute approximate surface area is 117 Å². The summed E-state index contributed by atoms with van der Waals surface area (Å²) in [6, 6.07) is 0. The van der Waals surface area contributed by atoms with Gasteiger partial charge >= 0.3 is 5.97 Å². The van der Waals surface area contributed by atoms with Crippen molar-refractivity contribution in [3.63, 3.8) is 0 Å². The minimum Gasteiger partial charge on any atom is -0.477 e. The molecule has 0 saturated carbocycles. The predicted molar refractivity (Wildman–Crippen MR) is 75.7 cm³/mol. The highest BCUT2D eigenvalue weighted by Gasteiger charge is 2.19. The van der Waals surface area contributed by atoms with Crippen LogP contribution in [0.15, 0.2) is 0 Å². The topological polar surface area (TPSA) is 73.7 Å². The second-order valence-electron chi connectivity index (χ2n) is 4.88. The molecule has 5 nitrogen and oxygen atoms in total. The van der Waals surface area contributed by atoms with Gasteiger partial charge in [-0.3, -0.25) is 4.90 Å². The molecule has 0 fully saturated rings. The summed E-state index contributed by atoms with van der Waals surface area (Å²) < 4.78 is 0. The summed E-state index contributed by atoms with van der Waals surface area (Å²) in [4.78, 5) is 18.1. The zero-order valence-corrected chi connectivity index (χ0v) is 12.5. The Bertz CT molecular complexity index is 418. The number of aliphatic hydroxyl groups is 1. The van der Waals surface area contributed by atoms with E-state index in [9.17, 15) is 9.90 Å². The van der Waals surface area contributed by atoms with Gasteiger partial charge in [-0.25, -0.2) is 9.78 Å². The van der Waals surface area contributed by atoms with Crippen LogP contribution in [-0.2, 0) is 13.0 Å². The molecule has 1 heterocycles.